The first-order chi connectivity index (χ1) is 10.7. The van der Waals surface area contributed by atoms with E-state index in [1.165, 1.54) is 0 Å². The Kier molecular flexibility index (Phi) is 3.69. The summed E-state index contributed by atoms with van der Waals surface area (Å²) in [4.78, 5) is 31.8. The van der Waals surface area contributed by atoms with E-state index in [1.807, 2.05) is 46.0 Å². The van der Waals surface area contributed by atoms with E-state index >= 15 is 0 Å². The number of nitrogens with zero attached hydrogens (tertiary/aromatic N) is 2. The number of esters is 1. The number of fused-ring (bicyclic) bond motifs is 3. The van der Waals surface area contributed by atoms with E-state index in [4.69, 9.17) is 4.74 Å². The van der Waals surface area contributed by atoms with Crippen LogP contribution in [0.5, 0.6) is 0 Å². The van der Waals surface area contributed by atoms with Gasteiger partial charge in [-0.25, -0.2) is 4.79 Å². The summed E-state index contributed by atoms with van der Waals surface area (Å²) in [6.07, 6.45) is 5.78. The van der Waals surface area contributed by atoms with Crippen LogP contribution in [0, 0.1) is 11.8 Å². The molecule has 0 amide bonds. The van der Waals surface area contributed by atoms with E-state index in [-0.39, 0.29) is 23.7 Å². The minimum atomic E-state index is -0.584. The number of rotatable bonds is 2. The number of carbonyl (C=O) groups excluding carboxylic acids is 2. The van der Waals surface area contributed by atoms with Crippen LogP contribution in [0.15, 0.2) is 28.4 Å². The SMILES string of the molecule is CN(C)C=C1C(C(=O)OC(C)(C)C)=NC2C3=CCCC3C(=O)C12. The first kappa shape index (κ1) is 16.0. The Morgan fingerprint density at radius 3 is 2.70 bits per heavy atom. The van der Waals surface area contributed by atoms with Crippen molar-refractivity contribution in [3.63, 3.8) is 0 Å². The number of ketones is 1. The van der Waals surface area contributed by atoms with Crippen LogP contribution >= 0.6 is 0 Å². The Hall–Kier alpha value is -1.91. The van der Waals surface area contributed by atoms with Crippen LogP contribution in [-0.2, 0) is 14.3 Å². The third kappa shape index (κ3) is 2.73. The first-order valence-electron chi connectivity index (χ1n) is 8.12. The van der Waals surface area contributed by atoms with Crippen molar-refractivity contribution in [1.29, 1.82) is 0 Å². The van der Waals surface area contributed by atoms with Crippen LogP contribution in [0.1, 0.15) is 33.6 Å². The minimum Gasteiger partial charge on any atom is -0.455 e. The molecule has 124 valence electrons. The predicted molar refractivity (Wildman–Crippen MR) is 88.1 cm³/mol. The highest BCUT2D eigenvalue weighted by Gasteiger charge is 2.54. The molecule has 0 bridgehead atoms. The fourth-order valence-corrected chi connectivity index (χ4v) is 3.67. The maximum Gasteiger partial charge on any atom is 0.357 e. The Balaban J connectivity index is 2.00. The van der Waals surface area contributed by atoms with Crippen LogP contribution < -0.4 is 0 Å². The molecule has 1 aliphatic heterocycles. The van der Waals surface area contributed by atoms with Gasteiger partial charge in [-0.2, -0.15) is 0 Å². The van der Waals surface area contributed by atoms with Gasteiger partial charge in [0.05, 0.1) is 12.0 Å². The molecule has 23 heavy (non-hydrogen) atoms. The lowest BCUT2D eigenvalue weighted by Gasteiger charge is -2.21. The molecule has 0 saturated heterocycles. The van der Waals surface area contributed by atoms with Crippen molar-refractivity contribution in [3.8, 4) is 0 Å². The van der Waals surface area contributed by atoms with Gasteiger partial charge < -0.3 is 9.64 Å². The van der Waals surface area contributed by atoms with Crippen LogP contribution in [-0.4, -0.2) is 48.1 Å². The molecule has 0 N–H and O–H groups in total. The number of ether oxygens (including phenoxy) is 1. The zero-order valence-electron chi connectivity index (χ0n) is 14.4. The molecule has 3 atom stereocenters. The standard InChI is InChI=1S/C18H24N2O3/c1-18(2,3)23-17(22)15-12(9-20(4)5)13-14(19-15)10-7-6-8-11(10)16(13)21/h7,9,11,13-14H,6,8H2,1-5H3. The topological polar surface area (TPSA) is 59.0 Å². The van der Waals surface area contributed by atoms with Gasteiger partial charge in [0.25, 0.3) is 0 Å². The van der Waals surface area contributed by atoms with Crippen molar-refractivity contribution in [2.45, 2.75) is 45.3 Å². The zero-order valence-corrected chi connectivity index (χ0v) is 14.4. The van der Waals surface area contributed by atoms with Gasteiger partial charge in [0.2, 0.25) is 0 Å². The van der Waals surface area contributed by atoms with Crippen molar-refractivity contribution in [1.82, 2.24) is 4.90 Å². The van der Waals surface area contributed by atoms with E-state index < -0.39 is 11.6 Å². The van der Waals surface area contributed by atoms with Gasteiger partial charge in [0.15, 0.2) is 0 Å². The highest BCUT2D eigenvalue weighted by atomic mass is 16.6. The Morgan fingerprint density at radius 1 is 1.39 bits per heavy atom. The molecule has 0 spiro atoms. The van der Waals surface area contributed by atoms with Gasteiger partial charge in [-0.15, -0.1) is 0 Å². The average molecular weight is 316 g/mol. The normalized spacial score (nSPS) is 30.9. The lowest BCUT2D eigenvalue weighted by atomic mass is 9.91. The van der Waals surface area contributed by atoms with Crippen molar-refractivity contribution in [3.05, 3.63) is 23.4 Å². The van der Waals surface area contributed by atoms with Gasteiger partial charge in [0.1, 0.15) is 17.1 Å². The molecular weight excluding hydrogens is 292 g/mol. The van der Waals surface area contributed by atoms with E-state index in [0.717, 1.165) is 18.4 Å². The van der Waals surface area contributed by atoms with Crippen molar-refractivity contribution < 1.29 is 14.3 Å². The fourth-order valence-electron chi connectivity index (χ4n) is 3.67. The molecule has 1 saturated carbocycles. The molecule has 1 heterocycles. The molecule has 0 aromatic rings. The van der Waals surface area contributed by atoms with Gasteiger partial charge in [-0.05, 0) is 39.2 Å². The summed E-state index contributed by atoms with van der Waals surface area (Å²) < 4.78 is 5.49. The average Bonchev–Trinajstić information content (AvgIpc) is 3.03. The molecule has 3 unspecified atom stereocenters. The van der Waals surface area contributed by atoms with Crippen molar-refractivity contribution in [2.24, 2.45) is 16.8 Å². The molecule has 2 aliphatic carbocycles. The first-order valence-corrected chi connectivity index (χ1v) is 8.12. The minimum absolute atomic E-state index is 0.000464. The summed E-state index contributed by atoms with van der Waals surface area (Å²) >= 11 is 0. The number of carbonyl (C=O) groups is 2. The van der Waals surface area contributed by atoms with Crippen molar-refractivity contribution in [2.75, 3.05) is 14.1 Å². The Labute approximate surface area is 137 Å². The molecule has 0 aromatic carbocycles. The summed E-state index contributed by atoms with van der Waals surface area (Å²) in [7, 11) is 3.76. The smallest absolute Gasteiger partial charge is 0.357 e. The highest BCUT2D eigenvalue weighted by Crippen LogP contribution is 2.48. The maximum absolute atomic E-state index is 12.8. The van der Waals surface area contributed by atoms with E-state index in [9.17, 15) is 9.59 Å². The second kappa shape index (κ2) is 5.32. The molecule has 0 aromatic heterocycles. The van der Waals surface area contributed by atoms with Crippen LogP contribution in [0.3, 0.4) is 0 Å². The van der Waals surface area contributed by atoms with Crippen LogP contribution in [0.25, 0.3) is 0 Å². The summed E-state index contributed by atoms with van der Waals surface area (Å²) in [6.45, 7) is 5.49. The number of aliphatic imine (C=N–C) groups is 1. The quantitative estimate of drug-likeness (QED) is 0.578. The van der Waals surface area contributed by atoms with Gasteiger partial charge >= 0.3 is 5.97 Å². The molecule has 3 rings (SSSR count). The summed E-state index contributed by atoms with van der Waals surface area (Å²) in [6, 6.07) is -0.205. The summed E-state index contributed by atoms with van der Waals surface area (Å²) in [5, 5.41) is 0. The van der Waals surface area contributed by atoms with Gasteiger partial charge in [-0.3, -0.25) is 9.79 Å². The van der Waals surface area contributed by atoms with Crippen LogP contribution in [0.4, 0.5) is 0 Å². The van der Waals surface area contributed by atoms with E-state index in [1.54, 1.807) is 0 Å². The number of hydrogen-bond acceptors (Lipinski definition) is 5. The molecule has 5 heteroatoms. The summed E-state index contributed by atoms with van der Waals surface area (Å²) in [5.41, 5.74) is 1.53. The number of allylic oxidation sites excluding steroid dienone is 1. The van der Waals surface area contributed by atoms with E-state index in [0.29, 0.717) is 11.3 Å². The molecule has 1 fully saturated rings. The lowest BCUT2D eigenvalue weighted by Crippen LogP contribution is -2.31. The number of hydrogen-bond donors (Lipinski definition) is 0. The third-order valence-electron chi connectivity index (χ3n) is 4.41. The second-order valence-electron chi connectivity index (χ2n) is 7.69. The molecule has 0 radical (unpaired) electrons. The third-order valence-corrected chi connectivity index (χ3v) is 4.41. The monoisotopic (exact) mass is 316 g/mol. The molecule has 5 nitrogen and oxygen atoms in total. The Bertz CT molecular complexity index is 650. The van der Waals surface area contributed by atoms with Gasteiger partial charge in [0, 0.05) is 31.8 Å². The highest BCUT2D eigenvalue weighted by molar-refractivity contribution is 6.45. The van der Waals surface area contributed by atoms with Crippen LogP contribution in [0.2, 0.25) is 0 Å². The van der Waals surface area contributed by atoms with E-state index in [2.05, 4.69) is 11.1 Å². The van der Waals surface area contributed by atoms with Crippen molar-refractivity contribution >= 4 is 17.5 Å². The maximum atomic E-state index is 12.8. The predicted octanol–water partition coefficient (Wildman–Crippen LogP) is 2.13. The number of Topliss-reactive ketones (excluding diaryl/α,β-unsaturated/α-hetero) is 1. The van der Waals surface area contributed by atoms with Gasteiger partial charge in [-0.1, -0.05) is 6.08 Å². The molecule has 3 aliphatic rings. The fraction of sp³-hybridized carbons (Fsp3) is 0.611. The summed E-state index contributed by atoms with van der Waals surface area (Å²) in [5.74, 6) is -0.562. The molecular formula is C18H24N2O3. The zero-order chi connectivity index (χ0) is 16.9. The largest absolute Gasteiger partial charge is 0.455 e. The Morgan fingerprint density at radius 2 is 2.09 bits per heavy atom. The second-order valence-corrected chi connectivity index (χ2v) is 7.69. The lowest BCUT2D eigenvalue weighted by molar-refractivity contribution is -0.146.